The molecule has 2 atom stereocenters. The molecule has 0 spiro atoms. The molecule has 0 saturated carbocycles. The number of aromatic amines is 1. The topological polar surface area (TPSA) is 101 Å². The molecule has 0 saturated heterocycles. The Kier molecular flexibility index (Phi) is 7.34. The van der Waals surface area contributed by atoms with Crippen molar-refractivity contribution < 1.29 is 14.3 Å². The number of hydrogen-bond acceptors (Lipinski definition) is 7. The molecule has 2 N–H and O–H groups in total. The Hall–Kier alpha value is -1.87. The highest BCUT2D eigenvalue weighted by molar-refractivity contribution is 7.99. The van der Waals surface area contributed by atoms with Crippen LogP contribution in [0.15, 0.2) is 4.79 Å². The van der Waals surface area contributed by atoms with Crippen molar-refractivity contribution in [2.24, 2.45) is 5.92 Å². The Labute approximate surface area is 178 Å². The van der Waals surface area contributed by atoms with Gasteiger partial charge in [0.2, 0.25) is 5.91 Å². The normalized spacial score (nSPS) is 15.1. The predicted octanol–water partition coefficient (Wildman–Crippen LogP) is 2.80. The first-order valence-corrected chi connectivity index (χ1v) is 12.0. The Balaban J connectivity index is 1.58. The summed E-state index contributed by atoms with van der Waals surface area (Å²) in [5, 5.41) is 3.52. The number of nitrogens with zero attached hydrogens (tertiary/aromatic N) is 1. The first-order chi connectivity index (χ1) is 13.9. The van der Waals surface area contributed by atoms with Crippen LogP contribution in [0.1, 0.15) is 49.9 Å². The van der Waals surface area contributed by atoms with Gasteiger partial charge in [0.25, 0.3) is 5.56 Å². The largest absolute Gasteiger partial charge is 0.464 e. The summed E-state index contributed by atoms with van der Waals surface area (Å²) in [7, 11) is 0. The predicted molar refractivity (Wildman–Crippen MR) is 116 cm³/mol. The number of nitrogens with one attached hydrogen (secondary N) is 2. The van der Waals surface area contributed by atoms with Gasteiger partial charge in [-0.05, 0) is 37.7 Å². The van der Waals surface area contributed by atoms with Crippen LogP contribution in [0.5, 0.6) is 0 Å². The lowest BCUT2D eigenvalue weighted by molar-refractivity contribution is -0.148. The molecular weight excluding hydrogens is 410 g/mol. The number of aryl methyl sites for hydroxylation is 2. The number of aromatic nitrogens is 2. The van der Waals surface area contributed by atoms with E-state index in [-0.39, 0.29) is 29.7 Å². The van der Waals surface area contributed by atoms with Gasteiger partial charge in [-0.25, -0.2) is 9.78 Å². The summed E-state index contributed by atoms with van der Waals surface area (Å²) in [4.78, 5) is 46.4. The number of carbonyl (C=O) groups excluding carboxylic acids is 2. The SMILES string of the molecule is CCOC(=O)[C@H](NC(=O)CSCc1nc2sc3c(c2c(=O)[nH]1)CCC3)[C@@H](C)CC. The number of ether oxygens (including phenoxy) is 1. The zero-order valence-corrected chi connectivity index (χ0v) is 18.6. The van der Waals surface area contributed by atoms with Gasteiger partial charge < -0.3 is 15.0 Å². The summed E-state index contributed by atoms with van der Waals surface area (Å²) in [5.74, 6) is 0.534. The molecule has 2 heterocycles. The Morgan fingerprint density at radius 1 is 1.34 bits per heavy atom. The molecule has 2 aromatic rings. The van der Waals surface area contributed by atoms with Crippen LogP contribution in [-0.2, 0) is 32.9 Å². The van der Waals surface area contributed by atoms with Crippen molar-refractivity contribution in [3.63, 3.8) is 0 Å². The van der Waals surface area contributed by atoms with Crippen LogP contribution < -0.4 is 10.9 Å². The van der Waals surface area contributed by atoms with Crippen molar-refractivity contribution in [2.45, 2.75) is 58.2 Å². The van der Waals surface area contributed by atoms with Gasteiger partial charge in [-0.3, -0.25) is 9.59 Å². The van der Waals surface area contributed by atoms with Crippen LogP contribution >= 0.6 is 23.1 Å². The summed E-state index contributed by atoms with van der Waals surface area (Å²) in [6.07, 6.45) is 3.84. The lowest BCUT2D eigenvalue weighted by Crippen LogP contribution is -2.46. The van der Waals surface area contributed by atoms with Crippen molar-refractivity contribution in [1.29, 1.82) is 0 Å². The molecule has 7 nitrogen and oxygen atoms in total. The average Bonchev–Trinajstić information content (AvgIpc) is 3.26. The Bertz CT molecular complexity index is 953. The van der Waals surface area contributed by atoms with Crippen molar-refractivity contribution in [1.82, 2.24) is 15.3 Å². The third-order valence-corrected chi connectivity index (χ3v) is 7.30. The monoisotopic (exact) mass is 437 g/mol. The van der Waals surface area contributed by atoms with E-state index >= 15 is 0 Å². The van der Waals surface area contributed by atoms with E-state index in [0.29, 0.717) is 11.6 Å². The minimum absolute atomic E-state index is 0.00999. The van der Waals surface area contributed by atoms with E-state index in [4.69, 9.17) is 4.74 Å². The van der Waals surface area contributed by atoms with Gasteiger partial charge in [-0.1, -0.05) is 20.3 Å². The summed E-state index contributed by atoms with van der Waals surface area (Å²) >= 11 is 2.96. The number of rotatable bonds is 9. The van der Waals surface area contributed by atoms with Crippen LogP contribution in [0.25, 0.3) is 10.2 Å². The fourth-order valence-electron chi connectivity index (χ4n) is 3.47. The smallest absolute Gasteiger partial charge is 0.328 e. The van der Waals surface area contributed by atoms with E-state index in [2.05, 4.69) is 15.3 Å². The van der Waals surface area contributed by atoms with E-state index in [9.17, 15) is 14.4 Å². The van der Waals surface area contributed by atoms with Gasteiger partial charge >= 0.3 is 5.97 Å². The molecular formula is C20H27N3O4S2. The molecule has 0 radical (unpaired) electrons. The van der Waals surface area contributed by atoms with E-state index < -0.39 is 12.0 Å². The molecule has 0 fully saturated rings. The third kappa shape index (κ3) is 5.01. The molecule has 9 heteroatoms. The molecule has 158 valence electrons. The highest BCUT2D eigenvalue weighted by Crippen LogP contribution is 2.34. The number of fused-ring (bicyclic) bond motifs is 3. The average molecular weight is 438 g/mol. The number of hydrogen-bond donors (Lipinski definition) is 2. The number of thioether (sulfide) groups is 1. The standard InChI is InChI=1S/C20H27N3O4S2/c1-4-11(3)17(20(26)27-5-2)23-15(24)10-28-9-14-21-18(25)16-12-7-6-8-13(12)29-19(16)22-14/h11,17H,4-10H2,1-3H3,(H,23,24)(H,21,22,25)/t11-,17+/m0/s1. The summed E-state index contributed by atoms with van der Waals surface area (Å²) < 4.78 is 5.07. The lowest BCUT2D eigenvalue weighted by atomic mass is 9.99. The summed E-state index contributed by atoms with van der Waals surface area (Å²) in [6, 6.07) is -0.643. The molecule has 1 aliphatic carbocycles. The number of amides is 1. The van der Waals surface area contributed by atoms with Crippen LogP contribution in [0.4, 0.5) is 0 Å². The molecule has 3 rings (SSSR count). The lowest BCUT2D eigenvalue weighted by Gasteiger charge is -2.22. The molecule has 2 aromatic heterocycles. The molecule has 1 aliphatic rings. The summed E-state index contributed by atoms with van der Waals surface area (Å²) in [5.41, 5.74) is 1.07. The minimum atomic E-state index is -0.643. The maximum atomic E-state index is 12.5. The second kappa shape index (κ2) is 9.75. The van der Waals surface area contributed by atoms with Gasteiger partial charge in [-0.15, -0.1) is 23.1 Å². The number of esters is 1. The fourth-order valence-corrected chi connectivity index (χ4v) is 5.45. The second-order valence-electron chi connectivity index (χ2n) is 7.23. The van der Waals surface area contributed by atoms with Gasteiger partial charge in [0, 0.05) is 4.88 Å². The quantitative estimate of drug-likeness (QED) is 0.585. The van der Waals surface area contributed by atoms with E-state index in [1.807, 2.05) is 13.8 Å². The van der Waals surface area contributed by atoms with E-state index in [1.165, 1.54) is 16.6 Å². The minimum Gasteiger partial charge on any atom is -0.464 e. The highest BCUT2D eigenvalue weighted by atomic mass is 32.2. The maximum absolute atomic E-state index is 12.5. The Morgan fingerprint density at radius 3 is 2.86 bits per heavy atom. The number of H-pyrrole nitrogens is 1. The molecule has 0 aromatic carbocycles. The van der Waals surface area contributed by atoms with Crippen molar-refractivity contribution >= 4 is 45.2 Å². The van der Waals surface area contributed by atoms with Gasteiger partial charge in [0.1, 0.15) is 16.7 Å². The zero-order valence-electron chi connectivity index (χ0n) is 17.0. The molecule has 0 aliphatic heterocycles. The van der Waals surface area contributed by atoms with E-state index in [1.54, 1.807) is 18.3 Å². The first-order valence-electron chi connectivity index (χ1n) is 10.0. The van der Waals surface area contributed by atoms with Crippen LogP contribution in [0.2, 0.25) is 0 Å². The van der Waals surface area contributed by atoms with Crippen molar-refractivity contribution in [3.8, 4) is 0 Å². The van der Waals surface area contributed by atoms with Gasteiger partial charge in [-0.2, -0.15) is 0 Å². The van der Waals surface area contributed by atoms with Gasteiger partial charge in [0.15, 0.2) is 0 Å². The zero-order chi connectivity index (χ0) is 21.0. The van der Waals surface area contributed by atoms with Crippen LogP contribution in [0.3, 0.4) is 0 Å². The first kappa shape index (κ1) is 21.8. The summed E-state index contributed by atoms with van der Waals surface area (Å²) in [6.45, 7) is 5.91. The molecule has 29 heavy (non-hydrogen) atoms. The molecule has 1 amide bonds. The Morgan fingerprint density at radius 2 is 2.14 bits per heavy atom. The third-order valence-electron chi connectivity index (χ3n) is 5.17. The van der Waals surface area contributed by atoms with Crippen molar-refractivity contribution in [2.75, 3.05) is 12.4 Å². The highest BCUT2D eigenvalue weighted by Gasteiger charge is 2.27. The molecule has 0 bridgehead atoms. The maximum Gasteiger partial charge on any atom is 0.328 e. The van der Waals surface area contributed by atoms with Crippen molar-refractivity contribution in [3.05, 3.63) is 26.6 Å². The van der Waals surface area contributed by atoms with Gasteiger partial charge in [0.05, 0.1) is 23.5 Å². The van der Waals surface area contributed by atoms with Crippen LogP contribution in [-0.4, -0.2) is 40.2 Å². The molecule has 0 unspecified atom stereocenters. The fraction of sp³-hybridized carbons (Fsp3) is 0.600. The number of carbonyl (C=O) groups is 2. The van der Waals surface area contributed by atoms with Crippen LogP contribution in [0, 0.1) is 5.92 Å². The van der Waals surface area contributed by atoms with E-state index in [0.717, 1.165) is 41.5 Å². The number of thiophene rings is 1. The second-order valence-corrected chi connectivity index (χ2v) is 9.29.